The highest BCUT2D eigenvalue weighted by Crippen LogP contribution is 2.40. The first-order valence-corrected chi connectivity index (χ1v) is 5.09. The number of carboxylic acids is 1. The van der Waals surface area contributed by atoms with Gasteiger partial charge in [0.05, 0.1) is 0 Å². The van der Waals surface area contributed by atoms with Gasteiger partial charge in [-0.05, 0) is 24.1 Å². The van der Waals surface area contributed by atoms with Crippen LogP contribution in [0.4, 0.5) is 0 Å². The van der Waals surface area contributed by atoms with E-state index < -0.39 is 11.4 Å². The van der Waals surface area contributed by atoms with E-state index in [0.717, 1.165) is 0 Å². The van der Waals surface area contributed by atoms with Gasteiger partial charge in [-0.1, -0.05) is 12.1 Å². The highest BCUT2D eigenvalue weighted by atomic mass is 16.4. The molecule has 0 aromatic heterocycles. The minimum atomic E-state index is -1.14. The lowest BCUT2D eigenvalue weighted by molar-refractivity contribution is -0.144. The van der Waals surface area contributed by atoms with Crippen LogP contribution < -0.4 is 0 Å². The molecule has 1 saturated carbocycles. The Hall–Kier alpha value is -1.84. The number of ketones is 1. The van der Waals surface area contributed by atoms with Gasteiger partial charge in [0.25, 0.3) is 0 Å². The predicted octanol–water partition coefficient (Wildman–Crippen LogP) is 1.47. The number of aliphatic carboxylic acids is 1. The van der Waals surface area contributed by atoms with Crippen molar-refractivity contribution in [3.8, 4) is 5.75 Å². The van der Waals surface area contributed by atoms with Gasteiger partial charge in [-0.15, -0.1) is 0 Å². The normalized spacial score (nSPS) is 24.6. The Morgan fingerprint density at radius 1 is 1.38 bits per heavy atom. The molecule has 0 bridgehead atoms. The second-order valence-corrected chi connectivity index (χ2v) is 4.15. The quantitative estimate of drug-likeness (QED) is 0.791. The molecule has 1 unspecified atom stereocenters. The number of Topliss-reactive ketones (excluding diaryl/α,β-unsaturated/α-hetero) is 1. The fourth-order valence-electron chi connectivity index (χ4n) is 2.22. The van der Waals surface area contributed by atoms with Crippen molar-refractivity contribution in [2.75, 3.05) is 0 Å². The van der Waals surface area contributed by atoms with Crippen molar-refractivity contribution in [2.24, 2.45) is 0 Å². The second kappa shape index (κ2) is 3.63. The summed E-state index contributed by atoms with van der Waals surface area (Å²) < 4.78 is 0. The van der Waals surface area contributed by atoms with Crippen molar-refractivity contribution in [1.29, 1.82) is 0 Å². The summed E-state index contributed by atoms with van der Waals surface area (Å²) in [5, 5.41) is 18.6. The Balaban J connectivity index is 2.48. The zero-order chi connectivity index (χ0) is 11.8. The van der Waals surface area contributed by atoms with Gasteiger partial charge in [-0.3, -0.25) is 9.59 Å². The lowest BCUT2D eigenvalue weighted by Crippen LogP contribution is -2.33. The molecule has 0 heterocycles. The molecule has 0 radical (unpaired) electrons. The number of carboxylic acid groups (broad SMARTS) is 1. The smallest absolute Gasteiger partial charge is 0.314 e. The van der Waals surface area contributed by atoms with Gasteiger partial charge >= 0.3 is 5.97 Å². The zero-order valence-corrected chi connectivity index (χ0v) is 8.64. The standard InChI is InChI=1S/C12H12O4/c13-9-3-1-2-8(6-9)12(11(15)16)5-4-10(14)7-12/h1-3,6,13H,4-5,7H2,(H,15,16). The summed E-state index contributed by atoms with van der Waals surface area (Å²) in [6.07, 6.45) is 0.623. The number of aromatic hydroxyl groups is 1. The summed E-state index contributed by atoms with van der Waals surface area (Å²) in [7, 11) is 0. The topological polar surface area (TPSA) is 74.6 Å². The number of benzene rings is 1. The number of hydrogen-bond donors (Lipinski definition) is 2. The van der Waals surface area contributed by atoms with E-state index in [9.17, 15) is 19.8 Å². The van der Waals surface area contributed by atoms with Crippen LogP contribution in [0.5, 0.6) is 5.75 Å². The molecule has 2 N–H and O–H groups in total. The molecule has 0 saturated heterocycles. The Morgan fingerprint density at radius 3 is 2.62 bits per heavy atom. The lowest BCUT2D eigenvalue weighted by atomic mass is 9.79. The summed E-state index contributed by atoms with van der Waals surface area (Å²) in [6, 6.07) is 6.15. The van der Waals surface area contributed by atoms with Crippen LogP contribution >= 0.6 is 0 Å². The third-order valence-electron chi connectivity index (χ3n) is 3.14. The number of phenolic OH excluding ortho intramolecular Hbond substituents is 1. The van der Waals surface area contributed by atoms with Crippen molar-refractivity contribution in [1.82, 2.24) is 0 Å². The van der Waals surface area contributed by atoms with Crippen LogP contribution in [-0.2, 0) is 15.0 Å². The molecule has 1 aliphatic carbocycles. The van der Waals surface area contributed by atoms with Crippen LogP contribution in [0.3, 0.4) is 0 Å². The van der Waals surface area contributed by atoms with Crippen molar-refractivity contribution >= 4 is 11.8 Å². The Morgan fingerprint density at radius 2 is 2.12 bits per heavy atom. The largest absolute Gasteiger partial charge is 0.508 e. The van der Waals surface area contributed by atoms with E-state index in [-0.39, 0.29) is 18.0 Å². The molecule has 1 aromatic rings. The van der Waals surface area contributed by atoms with Gasteiger partial charge in [-0.2, -0.15) is 0 Å². The summed E-state index contributed by atoms with van der Waals surface area (Å²) in [4.78, 5) is 22.6. The van der Waals surface area contributed by atoms with Crippen LogP contribution in [0.15, 0.2) is 24.3 Å². The Bertz CT molecular complexity index is 452. The molecular formula is C12H12O4. The number of carbonyl (C=O) groups excluding carboxylic acids is 1. The lowest BCUT2D eigenvalue weighted by Gasteiger charge is -2.23. The molecule has 1 atom stereocenters. The van der Waals surface area contributed by atoms with E-state index in [2.05, 4.69) is 0 Å². The maximum atomic E-state index is 11.3. The van der Waals surface area contributed by atoms with E-state index >= 15 is 0 Å². The molecule has 0 spiro atoms. The summed E-state index contributed by atoms with van der Waals surface area (Å²) >= 11 is 0. The van der Waals surface area contributed by atoms with Crippen LogP contribution in [0, 0.1) is 0 Å². The minimum Gasteiger partial charge on any atom is -0.508 e. The minimum absolute atomic E-state index is 0.0196. The Labute approximate surface area is 92.5 Å². The first-order chi connectivity index (χ1) is 7.54. The molecular weight excluding hydrogens is 208 g/mol. The SMILES string of the molecule is O=C1CCC(C(=O)O)(c2cccc(O)c2)C1. The maximum absolute atomic E-state index is 11.3. The highest BCUT2D eigenvalue weighted by molar-refractivity contribution is 5.94. The summed E-state index contributed by atoms with van der Waals surface area (Å²) in [5.41, 5.74) is -0.638. The van der Waals surface area contributed by atoms with Crippen LogP contribution in [0.2, 0.25) is 0 Å². The van der Waals surface area contributed by atoms with Gasteiger partial charge < -0.3 is 10.2 Å². The number of phenols is 1. The monoisotopic (exact) mass is 220 g/mol. The maximum Gasteiger partial charge on any atom is 0.314 e. The Kier molecular flexibility index (Phi) is 2.42. The average Bonchev–Trinajstić information content (AvgIpc) is 2.62. The van der Waals surface area contributed by atoms with E-state index in [0.29, 0.717) is 18.4 Å². The van der Waals surface area contributed by atoms with Crippen LogP contribution in [-0.4, -0.2) is 22.0 Å². The van der Waals surface area contributed by atoms with Gasteiger partial charge in [-0.25, -0.2) is 0 Å². The van der Waals surface area contributed by atoms with Gasteiger partial charge in [0.1, 0.15) is 16.9 Å². The van der Waals surface area contributed by atoms with Crippen molar-refractivity contribution in [3.05, 3.63) is 29.8 Å². The van der Waals surface area contributed by atoms with Gasteiger partial charge in [0.15, 0.2) is 0 Å². The van der Waals surface area contributed by atoms with E-state index in [1.54, 1.807) is 12.1 Å². The fourth-order valence-corrected chi connectivity index (χ4v) is 2.22. The third-order valence-corrected chi connectivity index (χ3v) is 3.14. The second-order valence-electron chi connectivity index (χ2n) is 4.15. The molecule has 0 amide bonds. The first-order valence-electron chi connectivity index (χ1n) is 5.09. The van der Waals surface area contributed by atoms with E-state index in [1.807, 2.05) is 0 Å². The van der Waals surface area contributed by atoms with Crippen LogP contribution in [0.1, 0.15) is 24.8 Å². The van der Waals surface area contributed by atoms with E-state index in [4.69, 9.17) is 0 Å². The predicted molar refractivity (Wildman–Crippen MR) is 56.3 cm³/mol. The van der Waals surface area contributed by atoms with Crippen molar-refractivity contribution in [2.45, 2.75) is 24.7 Å². The van der Waals surface area contributed by atoms with Crippen molar-refractivity contribution in [3.63, 3.8) is 0 Å². The molecule has 0 aliphatic heterocycles. The highest BCUT2D eigenvalue weighted by Gasteiger charge is 2.46. The molecule has 16 heavy (non-hydrogen) atoms. The molecule has 4 heteroatoms. The van der Waals surface area contributed by atoms with E-state index in [1.165, 1.54) is 12.1 Å². The number of hydrogen-bond acceptors (Lipinski definition) is 3. The number of rotatable bonds is 2. The molecule has 1 aliphatic rings. The molecule has 1 aromatic carbocycles. The zero-order valence-electron chi connectivity index (χ0n) is 8.64. The first kappa shape index (κ1) is 10.7. The molecule has 1 fully saturated rings. The number of carbonyl (C=O) groups is 2. The van der Waals surface area contributed by atoms with Crippen LogP contribution in [0.25, 0.3) is 0 Å². The molecule has 2 rings (SSSR count). The van der Waals surface area contributed by atoms with Crippen molar-refractivity contribution < 1.29 is 19.8 Å². The average molecular weight is 220 g/mol. The van der Waals surface area contributed by atoms with Gasteiger partial charge in [0.2, 0.25) is 0 Å². The summed E-state index contributed by atoms with van der Waals surface area (Å²) in [6.45, 7) is 0. The fraction of sp³-hybridized carbons (Fsp3) is 0.333. The summed E-state index contributed by atoms with van der Waals surface area (Å²) in [5.74, 6) is -1.01. The third kappa shape index (κ3) is 1.56. The molecule has 84 valence electrons. The van der Waals surface area contributed by atoms with Gasteiger partial charge in [0, 0.05) is 12.8 Å². The molecule has 4 nitrogen and oxygen atoms in total.